The minimum atomic E-state index is 0.146. The van der Waals surface area contributed by atoms with Gasteiger partial charge in [0, 0.05) is 13.0 Å². The third kappa shape index (κ3) is 8.22. The molecule has 132 valence electrons. The second kappa shape index (κ2) is 10.9. The van der Waals surface area contributed by atoms with Crippen molar-refractivity contribution < 1.29 is 5.11 Å². The molecule has 0 radical (unpaired) electrons. The molecule has 0 bridgehead atoms. The highest BCUT2D eigenvalue weighted by Crippen LogP contribution is 2.19. The van der Waals surface area contributed by atoms with Gasteiger partial charge in [-0.1, -0.05) is 51.1 Å². The van der Waals surface area contributed by atoms with Gasteiger partial charge in [-0.25, -0.2) is 4.98 Å². The lowest BCUT2D eigenvalue weighted by molar-refractivity contribution is 0.276. The number of benzene rings is 1. The van der Waals surface area contributed by atoms with Crippen LogP contribution in [0.3, 0.4) is 0 Å². The molecular formula is C18H27ClN4O. The van der Waals surface area contributed by atoms with Gasteiger partial charge in [0.1, 0.15) is 5.82 Å². The SMILES string of the molecule is CC(C)CCCO.CC(Cc1nc(N)nc(Cl)n1)c1ccccc1. The maximum Gasteiger partial charge on any atom is 0.227 e. The summed E-state index contributed by atoms with van der Waals surface area (Å²) in [5, 5.41) is 8.46. The van der Waals surface area contributed by atoms with E-state index in [9.17, 15) is 0 Å². The number of nitrogens with zero attached hydrogens (tertiary/aromatic N) is 3. The zero-order valence-electron chi connectivity index (χ0n) is 14.6. The zero-order chi connectivity index (χ0) is 17.9. The molecule has 5 nitrogen and oxygen atoms in total. The average Bonchev–Trinajstić information content (AvgIpc) is 2.53. The molecule has 0 saturated heterocycles. The molecule has 2 rings (SSSR count). The van der Waals surface area contributed by atoms with Crippen molar-refractivity contribution in [1.82, 2.24) is 15.0 Å². The molecule has 0 spiro atoms. The first-order chi connectivity index (χ1) is 11.4. The molecular weight excluding hydrogens is 324 g/mol. The lowest BCUT2D eigenvalue weighted by atomic mass is 9.98. The molecule has 1 unspecified atom stereocenters. The summed E-state index contributed by atoms with van der Waals surface area (Å²) in [6, 6.07) is 10.2. The Kier molecular flexibility index (Phi) is 9.27. The van der Waals surface area contributed by atoms with E-state index in [4.69, 9.17) is 22.4 Å². The van der Waals surface area contributed by atoms with E-state index in [1.54, 1.807) is 0 Å². The van der Waals surface area contributed by atoms with Crippen molar-refractivity contribution in [3.05, 3.63) is 47.0 Å². The number of hydrogen-bond acceptors (Lipinski definition) is 5. The summed E-state index contributed by atoms with van der Waals surface area (Å²) in [6.07, 6.45) is 2.80. The van der Waals surface area contributed by atoms with Gasteiger partial charge in [-0.15, -0.1) is 0 Å². The van der Waals surface area contributed by atoms with Gasteiger partial charge >= 0.3 is 0 Å². The maximum absolute atomic E-state index is 8.32. The summed E-state index contributed by atoms with van der Waals surface area (Å²) < 4.78 is 0. The second-order valence-electron chi connectivity index (χ2n) is 6.15. The van der Waals surface area contributed by atoms with E-state index in [0.717, 1.165) is 18.8 Å². The van der Waals surface area contributed by atoms with Crippen LogP contribution in [-0.4, -0.2) is 26.7 Å². The number of nitrogens with two attached hydrogens (primary N) is 1. The van der Waals surface area contributed by atoms with E-state index in [0.29, 0.717) is 24.8 Å². The van der Waals surface area contributed by atoms with E-state index in [-0.39, 0.29) is 11.2 Å². The lowest BCUT2D eigenvalue weighted by Crippen LogP contribution is -2.07. The van der Waals surface area contributed by atoms with Crippen molar-refractivity contribution in [3.8, 4) is 0 Å². The summed E-state index contributed by atoms with van der Waals surface area (Å²) in [4.78, 5) is 11.9. The molecule has 0 aliphatic carbocycles. The van der Waals surface area contributed by atoms with Crippen molar-refractivity contribution in [1.29, 1.82) is 0 Å². The van der Waals surface area contributed by atoms with E-state index in [1.165, 1.54) is 5.56 Å². The van der Waals surface area contributed by atoms with Crippen LogP contribution in [0.4, 0.5) is 5.95 Å². The maximum atomic E-state index is 8.32. The molecule has 1 atom stereocenters. The van der Waals surface area contributed by atoms with E-state index < -0.39 is 0 Å². The molecule has 24 heavy (non-hydrogen) atoms. The molecule has 0 aliphatic rings. The Morgan fingerprint density at radius 2 is 1.75 bits per heavy atom. The van der Waals surface area contributed by atoms with Crippen LogP contribution in [-0.2, 0) is 6.42 Å². The number of rotatable bonds is 6. The number of aliphatic hydroxyl groups is 1. The summed E-state index contributed by atoms with van der Waals surface area (Å²) in [6.45, 7) is 6.78. The molecule has 1 aromatic carbocycles. The summed E-state index contributed by atoms with van der Waals surface area (Å²) in [5.74, 6) is 1.85. The third-order valence-electron chi connectivity index (χ3n) is 3.47. The van der Waals surface area contributed by atoms with Gasteiger partial charge in [0.05, 0.1) is 0 Å². The van der Waals surface area contributed by atoms with Crippen LogP contribution in [0.1, 0.15) is 50.9 Å². The fourth-order valence-electron chi connectivity index (χ4n) is 2.17. The molecule has 0 fully saturated rings. The molecule has 6 heteroatoms. The number of aliphatic hydroxyl groups excluding tert-OH is 1. The van der Waals surface area contributed by atoms with E-state index in [2.05, 4.69) is 47.9 Å². The Labute approximate surface area is 149 Å². The first-order valence-electron chi connectivity index (χ1n) is 8.24. The highest BCUT2D eigenvalue weighted by Gasteiger charge is 2.10. The third-order valence-corrected chi connectivity index (χ3v) is 3.64. The molecule has 1 heterocycles. The summed E-state index contributed by atoms with van der Waals surface area (Å²) in [5.41, 5.74) is 6.77. The number of nitrogen functional groups attached to an aromatic ring is 1. The zero-order valence-corrected chi connectivity index (χ0v) is 15.4. The first-order valence-corrected chi connectivity index (χ1v) is 8.61. The topological polar surface area (TPSA) is 84.9 Å². The monoisotopic (exact) mass is 350 g/mol. The van der Waals surface area contributed by atoms with Crippen LogP contribution in [0.5, 0.6) is 0 Å². The van der Waals surface area contributed by atoms with Gasteiger partial charge in [-0.3, -0.25) is 0 Å². The van der Waals surface area contributed by atoms with Crippen molar-refractivity contribution in [3.63, 3.8) is 0 Å². The fraction of sp³-hybridized carbons (Fsp3) is 0.500. The van der Waals surface area contributed by atoms with Crippen LogP contribution < -0.4 is 5.73 Å². The van der Waals surface area contributed by atoms with E-state index >= 15 is 0 Å². The van der Waals surface area contributed by atoms with Gasteiger partial charge in [0.2, 0.25) is 11.2 Å². The van der Waals surface area contributed by atoms with Crippen LogP contribution in [0.15, 0.2) is 30.3 Å². The van der Waals surface area contributed by atoms with Crippen molar-refractivity contribution in [2.75, 3.05) is 12.3 Å². The Hall–Kier alpha value is -1.72. The highest BCUT2D eigenvalue weighted by atomic mass is 35.5. The van der Waals surface area contributed by atoms with Gasteiger partial charge < -0.3 is 10.8 Å². The van der Waals surface area contributed by atoms with Gasteiger partial charge in [-0.05, 0) is 41.8 Å². The van der Waals surface area contributed by atoms with Crippen molar-refractivity contribution >= 4 is 17.5 Å². The summed E-state index contributed by atoms with van der Waals surface area (Å²) >= 11 is 5.74. The largest absolute Gasteiger partial charge is 0.396 e. The fourth-order valence-corrected chi connectivity index (χ4v) is 2.36. The molecule has 0 aliphatic heterocycles. The van der Waals surface area contributed by atoms with Gasteiger partial charge in [0.15, 0.2) is 0 Å². The highest BCUT2D eigenvalue weighted by molar-refractivity contribution is 6.28. The van der Waals surface area contributed by atoms with Crippen molar-refractivity contribution in [2.45, 2.75) is 46.0 Å². The van der Waals surface area contributed by atoms with Gasteiger partial charge in [0.25, 0.3) is 0 Å². The minimum absolute atomic E-state index is 0.146. The standard InChI is InChI=1S/C12H13ClN4.C6H14O/c1-8(9-5-3-2-4-6-9)7-10-15-11(13)17-12(14)16-10;1-6(2)4-3-5-7/h2-6,8H,7H2,1H3,(H2,14,15,16,17);6-7H,3-5H2,1-2H3. The predicted molar refractivity (Wildman–Crippen MR) is 99.0 cm³/mol. The quantitative estimate of drug-likeness (QED) is 0.826. The first kappa shape index (κ1) is 20.3. The van der Waals surface area contributed by atoms with E-state index in [1.807, 2.05) is 18.2 Å². The van der Waals surface area contributed by atoms with Crippen LogP contribution in [0.2, 0.25) is 5.28 Å². The van der Waals surface area contributed by atoms with Crippen molar-refractivity contribution in [2.24, 2.45) is 5.92 Å². The average molecular weight is 351 g/mol. The second-order valence-corrected chi connectivity index (χ2v) is 6.49. The Bertz CT molecular complexity index is 573. The Morgan fingerprint density at radius 1 is 1.08 bits per heavy atom. The molecule has 0 saturated carbocycles. The number of hydrogen-bond donors (Lipinski definition) is 2. The summed E-state index contributed by atoms with van der Waals surface area (Å²) in [7, 11) is 0. The molecule has 1 aromatic heterocycles. The predicted octanol–water partition coefficient (Wildman–Crippen LogP) is 3.87. The number of halogens is 1. The Balaban J connectivity index is 0.000000351. The minimum Gasteiger partial charge on any atom is -0.396 e. The van der Waals surface area contributed by atoms with Gasteiger partial charge in [-0.2, -0.15) is 9.97 Å². The molecule has 3 N–H and O–H groups in total. The van der Waals surface area contributed by atoms with Crippen LogP contribution in [0.25, 0.3) is 0 Å². The Morgan fingerprint density at radius 3 is 2.25 bits per heavy atom. The number of anilines is 1. The smallest absolute Gasteiger partial charge is 0.227 e. The molecule has 0 amide bonds. The number of aromatic nitrogens is 3. The van der Waals surface area contributed by atoms with Crippen LogP contribution >= 0.6 is 11.6 Å². The normalized spacial score (nSPS) is 11.8. The molecule has 2 aromatic rings. The lowest BCUT2D eigenvalue weighted by Gasteiger charge is -2.10. The van der Waals surface area contributed by atoms with Crippen LogP contribution in [0, 0.1) is 5.92 Å².